The molecule has 2 heterocycles. The van der Waals surface area contributed by atoms with Gasteiger partial charge in [0.1, 0.15) is 0 Å². The van der Waals surface area contributed by atoms with Gasteiger partial charge < -0.3 is 14.6 Å². The molecule has 0 radical (unpaired) electrons. The van der Waals surface area contributed by atoms with E-state index in [0.29, 0.717) is 18.7 Å². The second-order valence-corrected chi connectivity index (χ2v) is 5.46. The van der Waals surface area contributed by atoms with Crippen LogP contribution in [0.1, 0.15) is 51.4 Å². The zero-order valence-electron chi connectivity index (χ0n) is 14.7. The van der Waals surface area contributed by atoms with E-state index in [4.69, 9.17) is 4.74 Å². The Bertz CT molecular complexity index is 730. The van der Waals surface area contributed by atoms with Crippen molar-refractivity contribution in [1.29, 1.82) is 0 Å². The molecule has 1 aromatic carbocycles. The van der Waals surface area contributed by atoms with Crippen LogP contribution in [0.5, 0.6) is 0 Å². The van der Waals surface area contributed by atoms with E-state index >= 15 is 0 Å². The zero-order valence-corrected chi connectivity index (χ0v) is 14.7. The molecule has 1 aliphatic rings. The summed E-state index contributed by atoms with van der Waals surface area (Å²) in [6.45, 7) is 7.32. The van der Waals surface area contributed by atoms with E-state index in [9.17, 15) is 9.59 Å². The van der Waals surface area contributed by atoms with Crippen LogP contribution < -0.4 is 5.32 Å². The van der Waals surface area contributed by atoms with Gasteiger partial charge in [-0.15, -0.1) is 0 Å². The number of esters is 1. The average molecular weight is 328 g/mol. The summed E-state index contributed by atoms with van der Waals surface area (Å²) in [6.07, 6.45) is 2.86. The van der Waals surface area contributed by atoms with Crippen LogP contribution in [0.25, 0.3) is 0 Å². The topological polar surface area (TPSA) is 60.3 Å². The summed E-state index contributed by atoms with van der Waals surface area (Å²) in [6, 6.07) is 7.35. The van der Waals surface area contributed by atoms with Gasteiger partial charge >= 0.3 is 5.97 Å². The van der Waals surface area contributed by atoms with Crippen LogP contribution in [0, 0.1) is 6.92 Å². The third-order valence-corrected chi connectivity index (χ3v) is 3.98. The lowest BCUT2D eigenvalue weighted by molar-refractivity contribution is 0.0600. The summed E-state index contributed by atoms with van der Waals surface area (Å²) in [4.78, 5) is 23.4. The van der Waals surface area contributed by atoms with Gasteiger partial charge in [0.2, 0.25) is 0 Å². The van der Waals surface area contributed by atoms with Gasteiger partial charge in [0.05, 0.1) is 18.2 Å². The second-order valence-electron chi connectivity index (χ2n) is 5.46. The Morgan fingerprint density at radius 1 is 1.25 bits per heavy atom. The summed E-state index contributed by atoms with van der Waals surface area (Å²) in [7, 11) is 1.37. The van der Waals surface area contributed by atoms with Crippen LogP contribution in [0.15, 0.2) is 30.5 Å². The van der Waals surface area contributed by atoms with Gasteiger partial charge in [-0.2, -0.15) is 0 Å². The highest BCUT2D eigenvalue weighted by Gasteiger charge is 2.23. The van der Waals surface area contributed by atoms with Gasteiger partial charge in [-0.05, 0) is 30.2 Å². The number of carbonyl (C=O) groups is 2. The minimum atomic E-state index is -0.336. The molecule has 0 saturated heterocycles. The number of benzene rings is 1. The maximum atomic E-state index is 11.9. The number of hydrogen-bond acceptors (Lipinski definition) is 3. The van der Waals surface area contributed by atoms with Crippen LogP contribution in [-0.4, -0.2) is 30.1 Å². The predicted molar refractivity (Wildman–Crippen MR) is 93.4 cm³/mol. The molecule has 0 atom stereocenters. The maximum absolute atomic E-state index is 11.9. The molecule has 1 N–H and O–H groups in total. The van der Waals surface area contributed by atoms with E-state index in [-0.39, 0.29) is 11.9 Å². The molecule has 5 heteroatoms. The fourth-order valence-corrected chi connectivity index (χ4v) is 2.91. The quantitative estimate of drug-likeness (QED) is 0.881. The fourth-order valence-electron chi connectivity index (χ4n) is 2.91. The van der Waals surface area contributed by atoms with Crippen molar-refractivity contribution >= 4 is 11.9 Å². The smallest absolute Gasteiger partial charge is 0.337 e. The number of carbonyl (C=O) groups excluding carboxylic acids is 2. The third kappa shape index (κ3) is 3.50. The molecule has 5 nitrogen and oxygen atoms in total. The lowest BCUT2D eigenvalue weighted by atomic mass is 10.1. The molecule has 3 rings (SSSR count). The summed E-state index contributed by atoms with van der Waals surface area (Å²) >= 11 is 0. The van der Waals surface area contributed by atoms with E-state index in [0.717, 1.165) is 28.8 Å². The third-order valence-electron chi connectivity index (χ3n) is 3.98. The lowest BCUT2D eigenvalue weighted by Gasteiger charge is -2.16. The molecule has 0 unspecified atom stereocenters. The second kappa shape index (κ2) is 7.81. The number of aryl methyl sites for hydroxylation is 1. The SMILES string of the molecule is CC.COC(=O)c1ccc(Cn2cc(C)c3c2CCNC3=O)cc1. The first-order valence-corrected chi connectivity index (χ1v) is 8.24. The number of methoxy groups -OCH3 is 1. The zero-order chi connectivity index (χ0) is 17.7. The Balaban J connectivity index is 0.00000100. The van der Waals surface area contributed by atoms with E-state index in [1.54, 1.807) is 12.1 Å². The van der Waals surface area contributed by atoms with Crippen molar-refractivity contribution in [2.24, 2.45) is 0 Å². The Morgan fingerprint density at radius 3 is 2.54 bits per heavy atom. The first-order valence-electron chi connectivity index (χ1n) is 8.24. The Labute approximate surface area is 142 Å². The van der Waals surface area contributed by atoms with Gasteiger partial charge in [0.15, 0.2) is 0 Å². The predicted octanol–water partition coefficient (Wildman–Crippen LogP) is 2.94. The van der Waals surface area contributed by atoms with E-state index in [1.165, 1.54) is 7.11 Å². The molecule has 24 heavy (non-hydrogen) atoms. The summed E-state index contributed by atoms with van der Waals surface area (Å²) in [5, 5.41) is 2.88. The Morgan fingerprint density at radius 2 is 1.92 bits per heavy atom. The minimum Gasteiger partial charge on any atom is -0.465 e. The van der Waals surface area contributed by atoms with Crippen molar-refractivity contribution in [2.45, 2.75) is 33.7 Å². The molecule has 0 aliphatic carbocycles. The number of rotatable bonds is 3. The van der Waals surface area contributed by atoms with Gasteiger partial charge in [-0.25, -0.2) is 4.79 Å². The van der Waals surface area contributed by atoms with Crippen molar-refractivity contribution < 1.29 is 14.3 Å². The van der Waals surface area contributed by atoms with Gasteiger partial charge in [0.25, 0.3) is 5.91 Å². The van der Waals surface area contributed by atoms with Gasteiger partial charge in [-0.1, -0.05) is 26.0 Å². The number of amides is 1. The molecular formula is C19H24N2O3. The molecule has 1 aliphatic heterocycles. The van der Waals surface area contributed by atoms with Crippen LogP contribution >= 0.6 is 0 Å². The molecule has 0 saturated carbocycles. The molecule has 2 aromatic rings. The van der Waals surface area contributed by atoms with E-state index in [1.807, 2.05) is 39.1 Å². The number of hydrogen-bond donors (Lipinski definition) is 1. The number of nitrogens with one attached hydrogen (secondary N) is 1. The molecule has 1 amide bonds. The van der Waals surface area contributed by atoms with E-state index < -0.39 is 0 Å². The van der Waals surface area contributed by atoms with Crippen LogP contribution in [0.4, 0.5) is 0 Å². The van der Waals surface area contributed by atoms with Crippen molar-refractivity contribution in [1.82, 2.24) is 9.88 Å². The van der Waals surface area contributed by atoms with Gasteiger partial charge in [-0.3, -0.25) is 4.79 Å². The summed E-state index contributed by atoms with van der Waals surface area (Å²) in [5.41, 5.74) is 4.50. The van der Waals surface area contributed by atoms with Crippen molar-refractivity contribution in [3.05, 3.63) is 58.4 Å². The first-order chi connectivity index (χ1) is 11.6. The maximum Gasteiger partial charge on any atom is 0.337 e. The highest BCUT2D eigenvalue weighted by Crippen LogP contribution is 2.21. The fraction of sp³-hybridized carbons (Fsp3) is 0.368. The summed E-state index contributed by atoms with van der Waals surface area (Å²) in [5.74, 6) is -0.323. The number of ether oxygens (including phenoxy) is 1. The van der Waals surface area contributed by atoms with Crippen LogP contribution in [0.2, 0.25) is 0 Å². The van der Waals surface area contributed by atoms with Crippen LogP contribution in [0.3, 0.4) is 0 Å². The highest BCUT2D eigenvalue weighted by atomic mass is 16.5. The van der Waals surface area contributed by atoms with Gasteiger partial charge in [0, 0.05) is 31.4 Å². The largest absolute Gasteiger partial charge is 0.465 e. The minimum absolute atomic E-state index is 0.0125. The van der Waals surface area contributed by atoms with Crippen molar-refractivity contribution in [2.75, 3.05) is 13.7 Å². The van der Waals surface area contributed by atoms with Crippen LogP contribution in [-0.2, 0) is 17.7 Å². The average Bonchev–Trinajstić information content (AvgIpc) is 2.93. The molecule has 128 valence electrons. The normalized spacial score (nSPS) is 12.6. The van der Waals surface area contributed by atoms with E-state index in [2.05, 4.69) is 9.88 Å². The number of aromatic nitrogens is 1. The Kier molecular flexibility index (Phi) is 5.79. The lowest BCUT2D eigenvalue weighted by Crippen LogP contribution is -2.32. The molecule has 0 spiro atoms. The first kappa shape index (κ1) is 17.8. The highest BCUT2D eigenvalue weighted by molar-refractivity contribution is 5.98. The number of nitrogens with zero attached hydrogens (tertiary/aromatic N) is 1. The molecule has 1 aromatic heterocycles. The Hall–Kier alpha value is -2.56. The molecule has 0 fully saturated rings. The monoisotopic (exact) mass is 328 g/mol. The van der Waals surface area contributed by atoms with Crippen molar-refractivity contribution in [3.8, 4) is 0 Å². The molecular weight excluding hydrogens is 304 g/mol. The molecule has 0 bridgehead atoms. The standard InChI is InChI=1S/C17H18N2O3.C2H6/c1-11-9-19(14-7-8-18-16(20)15(11)14)10-12-3-5-13(6-4-12)17(21)22-2;1-2/h3-6,9H,7-8,10H2,1-2H3,(H,18,20);1-2H3. The summed E-state index contributed by atoms with van der Waals surface area (Å²) < 4.78 is 6.82. The van der Waals surface area contributed by atoms with Crippen molar-refractivity contribution in [3.63, 3.8) is 0 Å². The number of fused-ring (bicyclic) bond motifs is 1.